The summed E-state index contributed by atoms with van der Waals surface area (Å²) in [7, 11) is 4.86. The van der Waals surface area contributed by atoms with E-state index in [2.05, 4.69) is 17.1 Å². The predicted molar refractivity (Wildman–Crippen MR) is 44.4 cm³/mol. The molecule has 1 amide bonds. The quantitative estimate of drug-likeness (QED) is 0.289. The lowest BCUT2D eigenvalue weighted by Gasteiger charge is -2.01. The molecule has 5 heteroatoms. The Hall–Kier alpha value is -0.985. The molecule has 0 heterocycles. The molecule has 0 saturated carbocycles. The largest absolute Gasteiger partial charge is 0.394 e. The van der Waals surface area contributed by atoms with Crippen LogP contribution in [0, 0.1) is 11.7 Å². The normalized spacial score (nSPS) is 8.42. The van der Waals surface area contributed by atoms with E-state index < -0.39 is 0 Å². The number of hydrogen-bond donors (Lipinski definition) is 2. The van der Waals surface area contributed by atoms with Gasteiger partial charge in [0.05, 0.1) is 19.8 Å². The van der Waals surface area contributed by atoms with E-state index in [1.165, 1.54) is 0 Å². The zero-order valence-electron chi connectivity index (χ0n) is 6.67. The molecule has 64 valence electrons. The zero-order chi connectivity index (χ0) is 9.23. The molecule has 12 heavy (non-hydrogen) atoms. The van der Waals surface area contributed by atoms with Gasteiger partial charge in [0.25, 0.3) is 0 Å². The van der Waals surface area contributed by atoms with Crippen molar-refractivity contribution in [1.29, 1.82) is 0 Å². The molecule has 0 aliphatic heterocycles. The van der Waals surface area contributed by atoms with Gasteiger partial charge in [-0.15, -0.1) is 0 Å². The van der Waals surface area contributed by atoms with Crippen molar-refractivity contribution >= 4 is 13.8 Å². The minimum atomic E-state index is -0.272. The average molecular weight is 167 g/mol. The number of aliphatic hydroxyl groups excluding tert-OH is 1. The monoisotopic (exact) mass is 167 g/mol. The van der Waals surface area contributed by atoms with Gasteiger partial charge in [0, 0.05) is 0 Å². The van der Waals surface area contributed by atoms with Gasteiger partial charge in [0.1, 0.15) is 6.61 Å². The van der Waals surface area contributed by atoms with E-state index >= 15 is 0 Å². The Morgan fingerprint density at radius 2 is 2.42 bits per heavy atom. The number of carbonyl (C=O) groups excluding carboxylic acids is 1. The Morgan fingerprint density at radius 1 is 1.67 bits per heavy atom. The maximum atomic E-state index is 10.8. The molecule has 0 fully saturated rings. The van der Waals surface area contributed by atoms with Gasteiger partial charge in [-0.05, 0) is 0 Å². The van der Waals surface area contributed by atoms with E-state index in [-0.39, 0.29) is 32.3 Å². The second kappa shape index (κ2) is 8.11. The van der Waals surface area contributed by atoms with Crippen LogP contribution in [0.4, 0.5) is 0 Å². The standard InChI is InChI=1S/C7H10BNO3/c8-2-1-3-9-7(11)6-12-5-4-10/h10H,3-6H2,(H,9,11). The van der Waals surface area contributed by atoms with E-state index in [9.17, 15) is 4.79 Å². The van der Waals surface area contributed by atoms with Gasteiger partial charge in [0.2, 0.25) is 5.91 Å². The maximum absolute atomic E-state index is 10.8. The molecule has 0 unspecified atom stereocenters. The van der Waals surface area contributed by atoms with Crippen molar-refractivity contribution < 1.29 is 14.6 Å². The fourth-order valence-electron chi connectivity index (χ4n) is 0.474. The van der Waals surface area contributed by atoms with Gasteiger partial charge in [-0.2, -0.15) is 5.82 Å². The number of nitrogens with one attached hydrogen (secondary N) is 1. The van der Waals surface area contributed by atoms with Crippen molar-refractivity contribution in [3.05, 3.63) is 0 Å². The van der Waals surface area contributed by atoms with Crippen molar-refractivity contribution in [2.24, 2.45) is 0 Å². The molecule has 0 saturated heterocycles. The van der Waals surface area contributed by atoms with Gasteiger partial charge < -0.3 is 15.2 Å². The molecule has 2 radical (unpaired) electrons. The van der Waals surface area contributed by atoms with Crippen molar-refractivity contribution in [3.63, 3.8) is 0 Å². The first-order chi connectivity index (χ1) is 5.81. The molecular weight excluding hydrogens is 157 g/mol. The highest BCUT2D eigenvalue weighted by Crippen LogP contribution is 1.73. The van der Waals surface area contributed by atoms with Crippen LogP contribution in [0.3, 0.4) is 0 Å². The molecule has 0 aliphatic carbocycles. The van der Waals surface area contributed by atoms with E-state index in [0.29, 0.717) is 0 Å². The number of ether oxygens (including phenoxy) is 1. The van der Waals surface area contributed by atoms with Crippen molar-refractivity contribution in [1.82, 2.24) is 5.32 Å². The number of hydrogen-bond acceptors (Lipinski definition) is 3. The van der Waals surface area contributed by atoms with Crippen LogP contribution in [0.15, 0.2) is 0 Å². The number of carbonyl (C=O) groups is 1. The second-order valence-corrected chi connectivity index (χ2v) is 1.87. The SMILES string of the molecule is [B]C#CCNC(=O)COCCO. The van der Waals surface area contributed by atoms with Crippen LogP contribution >= 0.6 is 0 Å². The third-order valence-corrected chi connectivity index (χ3v) is 0.945. The lowest BCUT2D eigenvalue weighted by Crippen LogP contribution is -2.28. The van der Waals surface area contributed by atoms with Crippen LogP contribution in [0.25, 0.3) is 0 Å². The first-order valence-electron chi connectivity index (χ1n) is 3.45. The summed E-state index contributed by atoms with van der Waals surface area (Å²) in [4.78, 5) is 10.8. The summed E-state index contributed by atoms with van der Waals surface area (Å²) in [5.41, 5.74) is 0. The van der Waals surface area contributed by atoms with E-state index in [0.717, 1.165) is 0 Å². The van der Waals surface area contributed by atoms with Crippen LogP contribution < -0.4 is 5.32 Å². The summed E-state index contributed by atoms with van der Waals surface area (Å²) in [6.45, 7) is 0.233. The summed E-state index contributed by atoms with van der Waals surface area (Å²) >= 11 is 0. The third-order valence-electron chi connectivity index (χ3n) is 0.945. The van der Waals surface area contributed by atoms with Crippen LogP contribution in [-0.4, -0.2) is 45.2 Å². The van der Waals surface area contributed by atoms with Crippen molar-refractivity contribution in [2.75, 3.05) is 26.4 Å². The van der Waals surface area contributed by atoms with E-state index in [4.69, 9.17) is 17.7 Å². The Kier molecular flexibility index (Phi) is 7.45. The molecule has 2 N–H and O–H groups in total. The number of aliphatic hydroxyl groups is 1. The summed E-state index contributed by atoms with van der Waals surface area (Å²) in [6, 6.07) is 0. The Bertz CT molecular complexity index is 185. The highest BCUT2D eigenvalue weighted by atomic mass is 16.5. The molecule has 0 rings (SSSR count). The minimum absolute atomic E-state index is 0.0627. The van der Waals surface area contributed by atoms with Crippen LogP contribution in [0.5, 0.6) is 0 Å². The van der Waals surface area contributed by atoms with E-state index in [1.807, 2.05) is 0 Å². The van der Waals surface area contributed by atoms with Crippen LogP contribution in [0.1, 0.15) is 0 Å². The molecule has 0 aromatic carbocycles. The van der Waals surface area contributed by atoms with Crippen molar-refractivity contribution in [2.45, 2.75) is 0 Å². The molecular formula is C7H10BNO3. The smallest absolute Gasteiger partial charge is 0.246 e. The van der Waals surface area contributed by atoms with Crippen LogP contribution in [-0.2, 0) is 9.53 Å². The molecule has 0 atom stereocenters. The lowest BCUT2D eigenvalue weighted by atomic mass is 10.2. The predicted octanol–water partition coefficient (Wildman–Crippen LogP) is -1.76. The summed E-state index contributed by atoms with van der Waals surface area (Å²) in [5, 5.41) is 10.7. The zero-order valence-corrected chi connectivity index (χ0v) is 6.67. The van der Waals surface area contributed by atoms with Crippen LogP contribution in [0.2, 0.25) is 0 Å². The summed E-state index contributed by atoms with van der Waals surface area (Å²) in [5.74, 6) is 4.33. The lowest BCUT2D eigenvalue weighted by molar-refractivity contribution is -0.125. The fourth-order valence-corrected chi connectivity index (χ4v) is 0.474. The number of rotatable bonds is 5. The van der Waals surface area contributed by atoms with Crippen molar-refractivity contribution in [3.8, 4) is 11.7 Å². The molecule has 0 aliphatic rings. The van der Waals surface area contributed by atoms with Gasteiger partial charge in [-0.25, -0.2) is 0 Å². The first kappa shape index (κ1) is 11.0. The molecule has 0 aromatic heterocycles. The van der Waals surface area contributed by atoms with Gasteiger partial charge >= 0.3 is 0 Å². The summed E-state index contributed by atoms with van der Waals surface area (Å²) in [6.07, 6.45) is 0. The third kappa shape index (κ3) is 7.13. The van der Waals surface area contributed by atoms with Gasteiger partial charge in [-0.3, -0.25) is 4.79 Å². The molecule has 4 nitrogen and oxygen atoms in total. The second-order valence-electron chi connectivity index (χ2n) is 1.87. The fraction of sp³-hybridized carbons (Fsp3) is 0.571. The summed E-state index contributed by atoms with van der Waals surface area (Å²) < 4.78 is 4.73. The highest BCUT2D eigenvalue weighted by molar-refractivity contribution is 6.22. The Balaban J connectivity index is 3.25. The van der Waals surface area contributed by atoms with Gasteiger partial charge in [0.15, 0.2) is 7.85 Å². The Morgan fingerprint density at radius 3 is 3.00 bits per heavy atom. The number of amides is 1. The molecule has 0 aromatic rings. The average Bonchev–Trinajstić information content (AvgIpc) is 2.06. The maximum Gasteiger partial charge on any atom is 0.246 e. The Labute approximate surface area is 72.7 Å². The minimum Gasteiger partial charge on any atom is -0.394 e. The van der Waals surface area contributed by atoms with Gasteiger partial charge in [-0.1, -0.05) is 5.92 Å². The molecule has 0 bridgehead atoms. The molecule has 0 spiro atoms. The first-order valence-corrected chi connectivity index (χ1v) is 3.45. The topological polar surface area (TPSA) is 58.6 Å². The highest BCUT2D eigenvalue weighted by Gasteiger charge is 1.97. The van der Waals surface area contributed by atoms with E-state index in [1.54, 1.807) is 0 Å².